The standard InChI is InChI=1S/C11H11BrNOS.BrH/c12-10-3-1-9(2-4-10)11(14)7-13-5-6-15-8-13;/h1-6,8,11,14H,7H2;1H/q+1;/p-1. The van der Waals surface area contributed by atoms with Gasteiger partial charge in [-0.1, -0.05) is 39.4 Å². The third kappa shape index (κ3) is 3.66. The number of aliphatic hydroxyl groups is 1. The second-order valence-electron chi connectivity index (χ2n) is 3.29. The fourth-order valence-corrected chi connectivity index (χ4v) is 2.23. The van der Waals surface area contributed by atoms with Crippen molar-refractivity contribution in [3.8, 4) is 0 Å². The summed E-state index contributed by atoms with van der Waals surface area (Å²) in [5.41, 5.74) is 2.93. The van der Waals surface area contributed by atoms with E-state index in [-0.39, 0.29) is 17.0 Å². The highest BCUT2D eigenvalue weighted by atomic mass is 79.9. The molecule has 5 heteroatoms. The molecular formula is C11H11Br2NOS. The van der Waals surface area contributed by atoms with Crippen molar-refractivity contribution < 1.29 is 26.7 Å². The molecular weight excluding hydrogens is 354 g/mol. The van der Waals surface area contributed by atoms with Gasteiger partial charge in [-0.15, -0.1) is 0 Å². The minimum atomic E-state index is -0.447. The molecule has 86 valence electrons. The number of hydrogen-bond donors (Lipinski definition) is 1. The molecule has 0 saturated carbocycles. The van der Waals surface area contributed by atoms with Gasteiger partial charge in [-0.2, -0.15) is 4.57 Å². The second-order valence-corrected chi connectivity index (χ2v) is 4.96. The molecule has 1 unspecified atom stereocenters. The van der Waals surface area contributed by atoms with Crippen molar-refractivity contribution in [3.05, 3.63) is 51.4 Å². The Bertz CT molecular complexity index is 416. The van der Waals surface area contributed by atoms with Gasteiger partial charge in [-0.25, -0.2) is 0 Å². The summed E-state index contributed by atoms with van der Waals surface area (Å²) in [6, 6.07) is 7.75. The molecule has 1 aromatic carbocycles. The number of hydrogen-bond acceptors (Lipinski definition) is 2. The Labute approximate surface area is 117 Å². The molecule has 16 heavy (non-hydrogen) atoms. The maximum absolute atomic E-state index is 9.95. The largest absolute Gasteiger partial charge is 1.00 e. The highest BCUT2D eigenvalue weighted by molar-refractivity contribution is 9.10. The van der Waals surface area contributed by atoms with Gasteiger partial charge in [-0.05, 0) is 17.7 Å². The number of aliphatic hydroxyl groups excluding tert-OH is 1. The molecule has 1 N–H and O–H groups in total. The number of nitrogens with zero attached hydrogens (tertiary/aromatic N) is 1. The van der Waals surface area contributed by atoms with Crippen LogP contribution in [0, 0.1) is 0 Å². The highest BCUT2D eigenvalue weighted by Gasteiger charge is 2.12. The number of thiazole rings is 1. The van der Waals surface area contributed by atoms with Crippen LogP contribution in [0.4, 0.5) is 0 Å². The topological polar surface area (TPSA) is 24.1 Å². The Balaban J connectivity index is 0.00000128. The maximum Gasteiger partial charge on any atom is 0.224 e. The second kappa shape index (κ2) is 6.49. The van der Waals surface area contributed by atoms with Crippen molar-refractivity contribution >= 4 is 27.3 Å². The first kappa shape index (κ1) is 13.8. The normalized spacial score (nSPS) is 11.9. The molecule has 2 aromatic rings. The van der Waals surface area contributed by atoms with Gasteiger partial charge in [0, 0.05) is 4.47 Å². The Kier molecular flexibility index (Phi) is 5.61. The summed E-state index contributed by atoms with van der Waals surface area (Å²) >= 11 is 4.99. The quantitative estimate of drug-likeness (QED) is 0.732. The molecule has 1 heterocycles. The maximum atomic E-state index is 9.95. The molecule has 0 saturated heterocycles. The summed E-state index contributed by atoms with van der Waals surface area (Å²) < 4.78 is 3.01. The number of halogens is 2. The number of aromatic nitrogens is 1. The van der Waals surface area contributed by atoms with Crippen LogP contribution in [-0.4, -0.2) is 5.11 Å². The summed E-state index contributed by atoms with van der Waals surface area (Å²) in [5.74, 6) is 0. The first-order chi connectivity index (χ1) is 7.25. The van der Waals surface area contributed by atoms with E-state index >= 15 is 0 Å². The molecule has 1 atom stereocenters. The van der Waals surface area contributed by atoms with Gasteiger partial charge in [0.2, 0.25) is 5.51 Å². The minimum Gasteiger partial charge on any atom is -1.00 e. The molecule has 0 aliphatic heterocycles. The van der Waals surface area contributed by atoms with Crippen LogP contribution < -0.4 is 21.5 Å². The molecule has 0 aliphatic carbocycles. The predicted molar refractivity (Wildman–Crippen MR) is 63.6 cm³/mol. The summed E-state index contributed by atoms with van der Waals surface area (Å²) in [5, 5.41) is 11.9. The first-order valence-electron chi connectivity index (χ1n) is 4.60. The van der Waals surface area contributed by atoms with Gasteiger partial charge < -0.3 is 22.1 Å². The minimum absolute atomic E-state index is 0. The van der Waals surface area contributed by atoms with Crippen molar-refractivity contribution in [2.24, 2.45) is 0 Å². The molecule has 0 aliphatic rings. The van der Waals surface area contributed by atoms with Crippen molar-refractivity contribution in [2.45, 2.75) is 12.6 Å². The van der Waals surface area contributed by atoms with Crippen LogP contribution in [0.25, 0.3) is 0 Å². The van der Waals surface area contributed by atoms with Crippen LogP contribution in [0.1, 0.15) is 11.7 Å². The average molecular weight is 365 g/mol. The zero-order chi connectivity index (χ0) is 10.7. The van der Waals surface area contributed by atoms with Gasteiger partial charge in [-0.3, -0.25) is 0 Å². The zero-order valence-corrected chi connectivity index (χ0v) is 12.4. The Morgan fingerprint density at radius 2 is 2.00 bits per heavy atom. The Morgan fingerprint density at radius 1 is 1.31 bits per heavy atom. The van der Waals surface area contributed by atoms with E-state index in [0.29, 0.717) is 6.54 Å². The van der Waals surface area contributed by atoms with E-state index < -0.39 is 6.10 Å². The van der Waals surface area contributed by atoms with E-state index in [0.717, 1.165) is 10.0 Å². The molecule has 0 radical (unpaired) electrons. The lowest BCUT2D eigenvalue weighted by Crippen LogP contribution is -3.00. The first-order valence-corrected chi connectivity index (χ1v) is 6.34. The molecule has 0 spiro atoms. The van der Waals surface area contributed by atoms with E-state index in [9.17, 15) is 5.11 Å². The number of rotatable bonds is 3. The van der Waals surface area contributed by atoms with Crippen LogP contribution in [0.2, 0.25) is 0 Å². The molecule has 1 aromatic heterocycles. The third-order valence-corrected chi connectivity index (χ3v) is 3.37. The van der Waals surface area contributed by atoms with Gasteiger partial charge in [0.05, 0.1) is 5.38 Å². The zero-order valence-electron chi connectivity index (χ0n) is 8.38. The third-order valence-electron chi connectivity index (χ3n) is 2.17. The molecule has 2 nitrogen and oxygen atoms in total. The average Bonchev–Trinajstić information content (AvgIpc) is 2.71. The smallest absolute Gasteiger partial charge is 0.224 e. The van der Waals surface area contributed by atoms with Gasteiger partial charge >= 0.3 is 0 Å². The Morgan fingerprint density at radius 3 is 2.56 bits per heavy atom. The Hall–Kier alpha value is -0.230. The van der Waals surface area contributed by atoms with Gasteiger partial charge in [0.1, 0.15) is 6.10 Å². The van der Waals surface area contributed by atoms with Crippen LogP contribution in [-0.2, 0) is 6.54 Å². The monoisotopic (exact) mass is 363 g/mol. The summed E-state index contributed by atoms with van der Waals surface area (Å²) in [7, 11) is 0. The van der Waals surface area contributed by atoms with E-state index in [1.165, 1.54) is 0 Å². The van der Waals surface area contributed by atoms with E-state index in [1.54, 1.807) is 11.3 Å². The SMILES string of the molecule is OC(C[n+]1ccsc1)c1ccc(Br)cc1.[Br-]. The van der Waals surface area contributed by atoms with Crippen LogP contribution >= 0.6 is 27.3 Å². The fraction of sp³-hybridized carbons (Fsp3) is 0.182. The van der Waals surface area contributed by atoms with Gasteiger partial charge in [0.25, 0.3) is 0 Å². The fourth-order valence-electron chi connectivity index (χ4n) is 1.36. The lowest BCUT2D eigenvalue weighted by Gasteiger charge is -2.06. The van der Waals surface area contributed by atoms with Crippen LogP contribution in [0.5, 0.6) is 0 Å². The molecule has 0 bridgehead atoms. The number of benzene rings is 1. The van der Waals surface area contributed by atoms with Gasteiger partial charge in [0.15, 0.2) is 12.7 Å². The van der Waals surface area contributed by atoms with E-state index in [1.807, 2.05) is 45.9 Å². The predicted octanol–water partition coefficient (Wildman–Crippen LogP) is -0.464. The van der Waals surface area contributed by atoms with Crippen molar-refractivity contribution in [1.29, 1.82) is 0 Å². The van der Waals surface area contributed by atoms with E-state index in [2.05, 4.69) is 15.9 Å². The molecule has 0 amide bonds. The van der Waals surface area contributed by atoms with Crippen molar-refractivity contribution in [1.82, 2.24) is 0 Å². The summed E-state index contributed by atoms with van der Waals surface area (Å²) in [4.78, 5) is 0. The highest BCUT2D eigenvalue weighted by Crippen LogP contribution is 2.16. The summed E-state index contributed by atoms with van der Waals surface area (Å²) in [6.45, 7) is 0.602. The van der Waals surface area contributed by atoms with Crippen molar-refractivity contribution in [2.75, 3.05) is 0 Å². The summed E-state index contributed by atoms with van der Waals surface area (Å²) in [6.07, 6.45) is 1.52. The molecule has 2 rings (SSSR count). The van der Waals surface area contributed by atoms with Crippen LogP contribution in [0.3, 0.4) is 0 Å². The molecule has 0 fully saturated rings. The van der Waals surface area contributed by atoms with Crippen LogP contribution in [0.15, 0.2) is 45.8 Å². The lowest BCUT2D eigenvalue weighted by atomic mass is 10.1. The lowest BCUT2D eigenvalue weighted by molar-refractivity contribution is -0.700. The van der Waals surface area contributed by atoms with Crippen molar-refractivity contribution in [3.63, 3.8) is 0 Å². The van der Waals surface area contributed by atoms with E-state index in [4.69, 9.17) is 0 Å².